The van der Waals surface area contributed by atoms with Gasteiger partial charge in [-0.2, -0.15) is 5.10 Å². The summed E-state index contributed by atoms with van der Waals surface area (Å²) < 4.78 is 0. The summed E-state index contributed by atoms with van der Waals surface area (Å²) in [5.41, 5.74) is 7.09. The van der Waals surface area contributed by atoms with E-state index in [1.165, 1.54) is 16.7 Å². The molecule has 2 aromatic carbocycles. The van der Waals surface area contributed by atoms with Gasteiger partial charge in [0.15, 0.2) is 0 Å². The molecule has 102 valence electrons. The molecule has 0 fully saturated rings. The van der Waals surface area contributed by atoms with Crippen LogP contribution < -0.4 is 5.43 Å². The van der Waals surface area contributed by atoms with Crippen molar-refractivity contribution >= 4 is 16.8 Å². The highest BCUT2D eigenvalue weighted by atomic mass is 32.2. The molecule has 2 aromatic rings. The van der Waals surface area contributed by atoms with Crippen LogP contribution in [-0.2, 0) is 6.42 Å². The summed E-state index contributed by atoms with van der Waals surface area (Å²) >= 11 is 1.81. The predicted molar refractivity (Wildman–Crippen MR) is 87.0 cm³/mol. The summed E-state index contributed by atoms with van der Waals surface area (Å²) in [5, 5.41) is 5.59. The van der Waals surface area contributed by atoms with Gasteiger partial charge in [-0.25, -0.2) is 0 Å². The smallest absolute Gasteiger partial charge is 0.126 e. The summed E-state index contributed by atoms with van der Waals surface area (Å²) in [6.07, 6.45) is 0.956. The average Bonchev–Trinajstić information content (AvgIpc) is 2.83. The summed E-state index contributed by atoms with van der Waals surface area (Å²) in [6.45, 7) is 4.31. The Hall–Kier alpha value is -1.74. The molecule has 0 aliphatic carbocycles. The van der Waals surface area contributed by atoms with Crippen LogP contribution in [0.2, 0.25) is 0 Å². The zero-order chi connectivity index (χ0) is 14.0. The topological polar surface area (TPSA) is 24.4 Å². The molecule has 0 spiro atoms. The average molecular weight is 282 g/mol. The molecule has 1 heterocycles. The fourth-order valence-corrected chi connectivity index (χ4v) is 3.41. The molecule has 0 aromatic heterocycles. The Morgan fingerprint density at radius 3 is 2.45 bits per heavy atom. The molecule has 1 N–H and O–H groups in total. The lowest BCUT2D eigenvalue weighted by molar-refractivity contribution is 0.532. The molecule has 1 aliphatic rings. The van der Waals surface area contributed by atoms with E-state index in [0.717, 1.165) is 11.5 Å². The van der Waals surface area contributed by atoms with E-state index in [0.29, 0.717) is 0 Å². The largest absolute Gasteiger partial charge is 0.292 e. The van der Waals surface area contributed by atoms with Crippen molar-refractivity contribution in [1.82, 2.24) is 5.43 Å². The maximum atomic E-state index is 4.51. The molecule has 1 aliphatic heterocycles. The summed E-state index contributed by atoms with van der Waals surface area (Å²) in [4.78, 5) is -0.0679. The minimum atomic E-state index is -0.0679. The second-order valence-electron chi connectivity index (χ2n) is 5.39. The summed E-state index contributed by atoms with van der Waals surface area (Å²) in [5.74, 6) is 0. The van der Waals surface area contributed by atoms with Crippen molar-refractivity contribution < 1.29 is 0 Å². The molecule has 3 heteroatoms. The number of aryl methyl sites for hydroxylation is 1. The van der Waals surface area contributed by atoms with Crippen LogP contribution in [0.1, 0.15) is 23.6 Å². The van der Waals surface area contributed by atoms with Gasteiger partial charge in [-0.15, -0.1) is 0 Å². The molecular weight excluding hydrogens is 264 g/mol. The van der Waals surface area contributed by atoms with E-state index in [1.54, 1.807) is 11.8 Å². The van der Waals surface area contributed by atoms with Gasteiger partial charge in [0.2, 0.25) is 0 Å². The van der Waals surface area contributed by atoms with Crippen LogP contribution in [0.25, 0.3) is 0 Å². The standard InChI is InChI=1S/C17H18N2S/c1-13-8-10-15(11-9-13)16-18-19-17(2,20-16)12-14-6-4-3-5-7-14/h3-11,19H,12H2,1-2H3/t17-/m0/s1. The quantitative estimate of drug-likeness (QED) is 0.921. The normalized spacial score (nSPS) is 21.4. The van der Waals surface area contributed by atoms with Gasteiger partial charge in [0, 0.05) is 12.0 Å². The molecule has 0 bridgehead atoms. The van der Waals surface area contributed by atoms with E-state index in [-0.39, 0.29) is 4.87 Å². The van der Waals surface area contributed by atoms with E-state index in [2.05, 4.69) is 79.0 Å². The van der Waals surface area contributed by atoms with Gasteiger partial charge in [0.05, 0.1) is 0 Å². The fraction of sp³-hybridized carbons (Fsp3) is 0.235. The highest BCUT2D eigenvalue weighted by Gasteiger charge is 2.32. The van der Waals surface area contributed by atoms with Gasteiger partial charge in [-0.05, 0) is 19.4 Å². The first-order chi connectivity index (χ1) is 9.65. The van der Waals surface area contributed by atoms with Crippen molar-refractivity contribution in [2.24, 2.45) is 5.10 Å². The Morgan fingerprint density at radius 2 is 1.75 bits per heavy atom. The third kappa shape index (κ3) is 2.88. The van der Waals surface area contributed by atoms with Crippen LogP contribution in [0, 0.1) is 6.92 Å². The number of hydrogen-bond donors (Lipinski definition) is 1. The second kappa shape index (κ2) is 5.33. The van der Waals surface area contributed by atoms with E-state index in [1.807, 2.05) is 0 Å². The van der Waals surface area contributed by atoms with Crippen molar-refractivity contribution in [3.05, 3.63) is 71.3 Å². The number of hydrazone groups is 1. The van der Waals surface area contributed by atoms with Gasteiger partial charge >= 0.3 is 0 Å². The van der Waals surface area contributed by atoms with Crippen molar-refractivity contribution in [2.75, 3.05) is 0 Å². The molecule has 0 unspecified atom stereocenters. The number of nitrogens with zero attached hydrogens (tertiary/aromatic N) is 1. The molecule has 0 amide bonds. The fourth-order valence-electron chi connectivity index (χ4n) is 2.31. The van der Waals surface area contributed by atoms with Crippen LogP contribution in [0.4, 0.5) is 0 Å². The Morgan fingerprint density at radius 1 is 1.05 bits per heavy atom. The van der Waals surface area contributed by atoms with Gasteiger partial charge < -0.3 is 0 Å². The summed E-state index contributed by atoms with van der Waals surface area (Å²) in [6, 6.07) is 19.1. The summed E-state index contributed by atoms with van der Waals surface area (Å²) in [7, 11) is 0. The number of hydrogen-bond acceptors (Lipinski definition) is 3. The lowest BCUT2D eigenvalue weighted by Crippen LogP contribution is -2.34. The zero-order valence-corrected chi connectivity index (χ0v) is 12.6. The van der Waals surface area contributed by atoms with E-state index >= 15 is 0 Å². The number of rotatable bonds is 3. The first-order valence-electron chi connectivity index (χ1n) is 6.79. The van der Waals surface area contributed by atoms with Gasteiger partial charge in [-0.1, -0.05) is 71.9 Å². The van der Waals surface area contributed by atoms with Crippen LogP contribution in [0.3, 0.4) is 0 Å². The first-order valence-corrected chi connectivity index (χ1v) is 7.61. The lowest BCUT2D eigenvalue weighted by atomic mass is 10.1. The van der Waals surface area contributed by atoms with Crippen LogP contribution in [0.5, 0.6) is 0 Å². The molecule has 0 saturated carbocycles. The number of benzene rings is 2. The van der Waals surface area contributed by atoms with E-state index in [4.69, 9.17) is 0 Å². The second-order valence-corrected chi connectivity index (χ2v) is 6.88. The van der Waals surface area contributed by atoms with Crippen LogP contribution in [0.15, 0.2) is 59.7 Å². The SMILES string of the molecule is Cc1ccc(C2=NN[C@](C)(Cc3ccccc3)S2)cc1. The van der Waals surface area contributed by atoms with Crippen molar-refractivity contribution in [3.63, 3.8) is 0 Å². The molecule has 0 saturated heterocycles. The molecule has 2 nitrogen and oxygen atoms in total. The molecule has 0 radical (unpaired) electrons. The Balaban J connectivity index is 1.73. The van der Waals surface area contributed by atoms with Gasteiger partial charge in [0.25, 0.3) is 0 Å². The monoisotopic (exact) mass is 282 g/mol. The molecular formula is C17H18N2S. The highest BCUT2D eigenvalue weighted by Crippen LogP contribution is 2.34. The Labute approximate surface area is 124 Å². The highest BCUT2D eigenvalue weighted by molar-refractivity contribution is 8.15. The van der Waals surface area contributed by atoms with E-state index in [9.17, 15) is 0 Å². The first kappa shape index (κ1) is 13.3. The van der Waals surface area contributed by atoms with E-state index < -0.39 is 0 Å². The predicted octanol–water partition coefficient (Wildman–Crippen LogP) is 3.95. The van der Waals surface area contributed by atoms with Crippen LogP contribution in [-0.4, -0.2) is 9.91 Å². The Bertz CT molecular complexity index is 619. The maximum absolute atomic E-state index is 4.51. The van der Waals surface area contributed by atoms with Gasteiger partial charge in [0.1, 0.15) is 9.91 Å². The van der Waals surface area contributed by atoms with Crippen LogP contribution >= 0.6 is 11.8 Å². The lowest BCUT2D eigenvalue weighted by Gasteiger charge is -2.22. The molecule has 3 rings (SSSR count). The number of thioether (sulfide) groups is 1. The zero-order valence-electron chi connectivity index (χ0n) is 11.8. The van der Waals surface area contributed by atoms with Crippen molar-refractivity contribution in [3.8, 4) is 0 Å². The minimum Gasteiger partial charge on any atom is -0.292 e. The number of nitrogens with one attached hydrogen (secondary N) is 1. The van der Waals surface area contributed by atoms with Crippen molar-refractivity contribution in [2.45, 2.75) is 25.1 Å². The minimum absolute atomic E-state index is 0.0679. The van der Waals surface area contributed by atoms with Crippen molar-refractivity contribution in [1.29, 1.82) is 0 Å². The third-order valence-electron chi connectivity index (χ3n) is 3.40. The molecule has 1 atom stereocenters. The van der Waals surface area contributed by atoms with Gasteiger partial charge in [-0.3, -0.25) is 5.43 Å². The maximum Gasteiger partial charge on any atom is 0.126 e. The Kier molecular flexibility index (Phi) is 3.53. The third-order valence-corrected chi connectivity index (χ3v) is 4.61. The molecule has 20 heavy (non-hydrogen) atoms.